The van der Waals surface area contributed by atoms with Gasteiger partial charge in [0.05, 0.1) is 8.41 Å². The van der Waals surface area contributed by atoms with Crippen LogP contribution in [0.3, 0.4) is 0 Å². The van der Waals surface area contributed by atoms with E-state index >= 15 is 0 Å². The van der Waals surface area contributed by atoms with Crippen LogP contribution < -0.4 is 0 Å². The Morgan fingerprint density at radius 1 is 1.00 bits per heavy atom. The maximum absolute atomic E-state index is 0. The number of rotatable bonds is 0. The van der Waals surface area contributed by atoms with Gasteiger partial charge in [-0.2, -0.15) is 0 Å². The van der Waals surface area contributed by atoms with Crippen molar-refractivity contribution in [2.24, 2.45) is 0 Å². The number of hydrogen-bond acceptors (Lipinski definition) is 0. The molecule has 0 aliphatic carbocycles. The molecule has 0 radical (unpaired) electrons. The fourth-order valence-electron chi connectivity index (χ4n) is 0. The third-order valence-electron chi connectivity index (χ3n) is 0. The van der Waals surface area contributed by atoms with Crippen LogP contribution in [0.25, 0.3) is 0 Å². The Bertz CT molecular complexity index is 8.00. The van der Waals surface area contributed by atoms with Crippen LogP contribution in [0.5, 0.6) is 0 Å². The van der Waals surface area contributed by atoms with Crippen molar-refractivity contribution in [1.82, 2.24) is 0 Å². The van der Waals surface area contributed by atoms with Gasteiger partial charge in [-0.1, -0.05) is 0 Å². The van der Waals surface area contributed by atoms with Gasteiger partial charge < -0.3 is 0 Å². The van der Waals surface area contributed by atoms with Gasteiger partial charge in [-0.05, 0) is 0 Å². The van der Waals surface area contributed by atoms with Crippen molar-refractivity contribution < 1.29 is 36.8 Å². The van der Waals surface area contributed by atoms with Gasteiger partial charge in [-0.3, -0.25) is 0 Å². The van der Waals surface area contributed by atoms with Crippen LogP contribution in [-0.2, 0) is 36.8 Å². The maximum Gasteiger partial charge on any atom is 0.316 e. The van der Waals surface area contributed by atoms with Crippen molar-refractivity contribution >= 4 is 31.5 Å². The molecule has 0 spiro atoms. The van der Waals surface area contributed by atoms with E-state index in [1.54, 1.807) is 0 Å². The Morgan fingerprint density at radius 3 is 1.00 bits per heavy atom. The first-order chi connectivity index (χ1) is 0. The minimum atomic E-state index is 0. The summed E-state index contributed by atoms with van der Waals surface area (Å²) in [6.45, 7) is 0. The zero-order valence-corrected chi connectivity index (χ0v) is 5.36. The van der Waals surface area contributed by atoms with Crippen LogP contribution in [0.2, 0.25) is 0 Å². The topological polar surface area (TPSA) is 0 Å². The normalized spacial score (nSPS) is 0. The molecule has 0 aliphatic heterocycles. The molecule has 0 amide bonds. The molecule has 0 bridgehead atoms. The molecule has 0 heterocycles. The second-order valence-electron chi connectivity index (χ2n) is 0. The van der Waals surface area contributed by atoms with E-state index in [-0.39, 0.29) is 68.3 Å². The van der Waals surface area contributed by atoms with Gasteiger partial charge in [0.2, 0.25) is 0 Å². The fourth-order valence-corrected chi connectivity index (χ4v) is 0. The predicted molar refractivity (Wildman–Crippen MR) is 18.5 cm³/mol. The third-order valence-corrected chi connectivity index (χ3v) is 0. The summed E-state index contributed by atoms with van der Waals surface area (Å²) in [5.41, 5.74) is 0. The van der Waals surface area contributed by atoms with E-state index in [2.05, 4.69) is 0 Å². The average molecular weight is 158 g/mol. The van der Waals surface area contributed by atoms with Gasteiger partial charge in [0, 0.05) is 36.8 Å². The van der Waals surface area contributed by atoms with Crippen molar-refractivity contribution in [1.29, 1.82) is 0 Å². The van der Waals surface area contributed by atoms with E-state index in [4.69, 9.17) is 0 Å². The molecule has 0 atom stereocenters. The van der Waals surface area contributed by atoms with Gasteiger partial charge in [-0.25, -0.2) is 0 Å². The van der Waals surface area contributed by atoms with Crippen molar-refractivity contribution in [3.8, 4) is 0 Å². The Balaban J connectivity index is 0. The summed E-state index contributed by atoms with van der Waals surface area (Å²) in [4.78, 5) is 0. The van der Waals surface area contributed by atoms with E-state index < -0.39 is 0 Å². The Hall–Kier alpha value is 1.99. The van der Waals surface area contributed by atoms with Gasteiger partial charge >= 0.3 is 23.1 Å². The minimum Gasteiger partial charge on any atom is 0 e. The van der Waals surface area contributed by atoms with Gasteiger partial charge in [0.1, 0.15) is 0 Å². The monoisotopic (exact) mass is 156 g/mol. The van der Waals surface area contributed by atoms with Gasteiger partial charge in [-0.15, -0.1) is 0 Å². The summed E-state index contributed by atoms with van der Waals surface area (Å²) >= 11 is 0. The maximum atomic E-state index is 0. The SMILES string of the molecule is B.[Cr].[MgH2].[Zn]. The molecule has 0 fully saturated rings. The molecule has 0 aliphatic rings. The van der Waals surface area contributed by atoms with Crippen LogP contribution in [0.15, 0.2) is 0 Å². The third kappa shape index (κ3) is 9.01. The first-order valence-electron chi connectivity index (χ1n) is 0. The van der Waals surface area contributed by atoms with Crippen molar-refractivity contribution in [3.05, 3.63) is 0 Å². The molecule has 0 unspecified atom stereocenters. The van der Waals surface area contributed by atoms with E-state index in [0.717, 1.165) is 0 Å². The van der Waals surface area contributed by atoms with Crippen LogP contribution in [0, 0.1) is 0 Å². The molecule has 0 saturated heterocycles. The van der Waals surface area contributed by atoms with Crippen LogP contribution >= 0.6 is 0 Å². The molecule has 0 saturated carbocycles. The molecular weight excluding hydrogens is 153 g/mol. The first-order valence-corrected chi connectivity index (χ1v) is 0. The summed E-state index contributed by atoms with van der Waals surface area (Å²) in [5.74, 6) is 0. The first kappa shape index (κ1) is 37.7. The second-order valence-corrected chi connectivity index (χ2v) is 0. The van der Waals surface area contributed by atoms with E-state index in [1.807, 2.05) is 0 Å². The Labute approximate surface area is 67.7 Å². The second kappa shape index (κ2) is 20.1. The molecule has 18 valence electrons. The quantitative estimate of drug-likeness (QED) is 0.354. The van der Waals surface area contributed by atoms with Crippen LogP contribution in [0.1, 0.15) is 0 Å². The molecular formula is H5BCrMgZn. The summed E-state index contributed by atoms with van der Waals surface area (Å²) < 4.78 is 0. The summed E-state index contributed by atoms with van der Waals surface area (Å²) in [7, 11) is 0. The van der Waals surface area contributed by atoms with E-state index in [1.165, 1.54) is 0 Å². The molecule has 0 aromatic heterocycles. The molecule has 4 heavy (non-hydrogen) atoms. The van der Waals surface area contributed by atoms with E-state index in [0.29, 0.717) is 0 Å². The van der Waals surface area contributed by atoms with E-state index in [9.17, 15) is 0 Å². The van der Waals surface area contributed by atoms with Crippen molar-refractivity contribution in [3.63, 3.8) is 0 Å². The smallest absolute Gasteiger partial charge is 0 e. The summed E-state index contributed by atoms with van der Waals surface area (Å²) in [6.07, 6.45) is 0. The summed E-state index contributed by atoms with van der Waals surface area (Å²) in [6, 6.07) is 0. The van der Waals surface area contributed by atoms with Crippen LogP contribution in [0.4, 0.5) is 0 Å². The molecule has 0 aromatic rings. The molecule has 0 aromatic carbocycles. The molecule has 0 nitrogen and oxygen atoms in total. The Kier molecular flexibility index (Phi) is 189. The van der Waals surface area contributed by atoms with Gasteiger partial charge in [0.15, 0.2) is 0 Å². The predicted octanol–water partition coefficient (Wildman–Crippen LogP) is -2.11. The Morgan fingerprint density at radius 2 is 1.00 bits per heavy atom. The number of hydrogen-bond donors (Lipinski definition) is 0. The van der Waals surface area contributed by atoms with Gasteiger partial charge in [0.25, 0.3) is 0 Å². The molecule has 0 rings (SSSR count). The van der Waals surface area contributed by atoms with Crippen LogP contribution in [-0.4, -0.2) is 31.5 Å². The average Bonchev–Trinajstić information content (AvgIpc) is 0. The summed E-state index contributed by atoms with van der Waals surface area (Å²) in [5, 5.41) is 0. The van der Waals surface area contributed by atoms with Crippen molar-refractivity contribution in [2.45, 2.75) is 0 Å². The standard InChI is InChI=1S/BH3.Cr.Mg.Zn.2H/h1H3;;;;;. The molecule has 4 heteroatoms. The van der Waals surface area contributed by atoms with Crippen molar-refractivity contribution in [2.75, 3.05) is 0 Å². The zero-order valence-electron chi connectivity index (χ0n) is 1.12. The zero-order chi connectivity index (χ0) is 0. The largest absolute Gasteiger partial charge is 0.316 e. The molecule has 0 N–H and O–H groups in total. The minimum absolute atomic E-state index is 0. The fraction of sp³-hybridized carbons (Fsp3) is 0.